The largest absolute Gasteiger partial charge is 0.368 e. The van der Waals surface area contributed by atoms with Crippen LogP contribution in [0.5, 0.6) is 0 Å². The van der Waals surface area contributed by atoms with Crippen LogP contribution in [-0.2, 0) is 6.42 Å². The van der Waals surface area contributed by atoms with E-state index in [-0.39, 0.29) is 11.9 Å². The molecule has 3 aromatic rings. The Bertz CT molecular complexity index is 822. The average Bonchev–Trinajstić information content (AvgIpc) is 3.06. The Hall–Kier alpha value is -2.96. The second-order valence-corrected chi connectivity index (χ2v) is 6.31. The molecule has 2 heterocycles. The second-order valence-electron chi connectivity index (χ2n) is 6.31. The Labute approximate surface area is 153 Å². The van der Waals surface area contributed by atoms with Gasteiger partial charge in [0.2, 0.25) is 17.8 Å². The molecule has 4 N–H and O–H groups in total. The number of nitrogen functional groups attached to an aromatic ring is 2. The minimum atomic E-state index is 0.0985. The van der Waals surface area contributed by atoms with Crippen molar-refractivity contribution in [2.24, 2.45) is 0 Å². The average molecular weight is 351 g/mol. The second kappa shape index (κ2) is 8.42. The first-order chi connectivity index (χ1) is 12.7. The lowest BCUT2D eigenvalue weighted by atomic mass is 10.1. The van der Waals surface area contributed by atoms with Crippen molar-refractivity contribution in [2.75, 3.05) is 11.5 Å². The third-order valence-corrected chi connectivity index (χ3v) is 4.20. The van der Waals surface area contributed by atoms with Crippen molar-refractivity contribution in [1.29, 1.82) is 0 Å². The number of benzene rings is 1. The molecule has 0 amide bonds. The molecule has 0 saturated heterocycles. The summed E-state index contributed by atoms with van der Waals surface area (Å²) >= 11 is 0. The molecule has 1 aromatic carbocycles. The molecule has 26 heavy (non-hydrogen) atoms. The zero-order valence-electron chi connectivity index (χ0n) is 15.1. The van der Waals surface area contributed by atoms with Gasteiger partial charge in [0.15, 0.2) is 0 Å². The first-order valence-corrected chi connectivity index (χ1v) is 9.08. The summed E-state index contributed by atoms with van der Waals surface area (Å²) in [7, 11) is 0. The zero-order valence-corrected chi connectivity index (χ0v) is 15.1. The number of anilines is 2. The van der Waals surface area contributed by atoms with Crippen LogP contribution in [0.2, 0.25) is 0 Å². The molecule has 0 saturated carbocycles. The van der Waals surface area contributed by atoms with Gasteiger partial charge in [0.1, 0.15) is 5.82 Å². The number of rotatable bonds is 8. The highest BCUT2D eigenvalue weighted by Crippen LogP contribution is 2.23. The lowest BCUT2D eigenvalue weighted by Crippen LogP contribution is -2.09. The number of nitrogens with two attached hydrogens (primary N) is 2. The molecule has 7 nitrogen and oxygen atoms in total. The van der Waals surface area contributed by atoms with Gasteiger partial charge in [0, 0.05) is 11.8 Å². The maximum absolute atomic E-state index is 5.74. The van der Waals surface area contributed by atoms with Crippen LogP contribution in [0.1, 0.15) is 44.7 Å². The van der Waals surface area contributed by atoms with Gasteiger partial charge in [-0.25, -0.2) is 4.98 Å². The Morgan fingerprint density at radius 3 is 2.23 bits per heavy atom. The summed E-state index contributed by atoms with van der Waals surface area (Å²) in [5.41, 5.74) is 13.5. The monoisotopic (exact) mass is 351 g/mol. The Morgan fingerprint density at radius 2 is 1.54 bits per heavy atom. The molecule has 136 valence electrons. The fraction of sp³-hybridized carbons (Fsp3) is 0.368. The Morgan fingerprint density at radius 1 is 0.846 bits per heavy atom. The SMILES string of the molecule is CCCCCCCc1cn(-c2nc(N)nc(N)n2)c(-c2ccccc2)n1. The lowest BCUT2D eigenvalue weighted by Gasteiger charge is -2.06. The van der Waals surface area contributed by atoms with Gasteiger partial charge in [-0.3, -0.25) is 4.57 Å². The molecule has 0 fully saturated rings. The smallest absolute Gasteiger partial charge is 0.242 e. The maximum atomic E-state index is 5.74. The third kappa shape index (κ3) is 4.36. The number of hydrogen-bond donors (Lipinski definition) is 2. The van der Waals surface area contributed by atoms with Gasteiger partial charge in [-0.15, -0.1) is 0 Å². The first kappa shape index (κ1) is 17.8. The summed E-state index contributed by atoms with van der Waals surface area (Å²) in [6.07, 6.45) is 9.02. The molecule has 3 rings (SSSR count). The van der Waals surface area contributed by atoms with Crippen LogP contribution in [0, 0.1) is 0 Å². The van der Waals surface area contributed by atoms with Gasteiger partial charge >= 0.3 is 0 Å². The molecule has 0 bridgehead atoms. The van der Waals surface area contributed by atoms with Crippen molar-refractivity contribution in [1.82, 2.24) is 24.5 Å². The van der Waals surface area contributed by atoms with Crippen LogP contribution in [-0.4, -0.2) is 24.5 Å². The van der Waals surface area contributed by atoms with Crippen LogP contribution in [0.15, 0.2) is 36.5 Å². The number of imidazole rings is 1. The van der Waals surface area contributed by atoms with Gasteiger partial charge in [-0.2, -0.15) is 15.0 Å². The molecular weight excluding hydrogens is 326 g/mol. The summed E-state index contributed by atoms with van der Waals surface area (Å²) in [6, 6.07) is 9.96. The van der Waals surface area contributed by atoms with Gasteiger partial charge in [0.05, 0.1) is 5.69 Å². The third-order valence-electron chi connectivity index (χ3n) is 4.20. The van der Waals surface area contributed by atoms with E-state index in [1.165, 1.54) is 25.7 Å². The standard InChI is InChI=1S/C19H25N7/c1-2-3-4-5-9-12-15-13-26(19-24-17(20)23-18(21)25-19)16(22-15)14-10-7-6-8-11-14/h6-8,10-11,13H,2-5,9,12H2,1H3,(H4,20,21,23,24,25). The van der Waals surface area contributed by atoms with E-state index in [0.29, 0.717) is 5.95 Å². The maximum Gasteiger partial charge on any atom is 0.242 e. The van der Waals surface area contributed by atoms with Crippen LogP contribution in [0.4, 0.5) is 11.9 Å². The summed E-state index contributed by atoms with van der Waals surface area (Å²) in [4.78, 5) is 17.1. The molecule has 0 unspecified atom stereocenters. The van der Waals surface area contributed by atoms with Crippen molar-refractivity contribution < 1.29 is 0 Å². The Kier molecular flexibility index (Phi) is 5.78. The van der Waals surface area contributed by atoms with Gasteiger partial charge in [-0.05, 0) is 12.8 Å². The van der Waals surface area contributed by atoms with Crippen molar-refractivity contribution in [3.8, 4) is 17.3 Å². The fourth-order valence-corrected chi connectivity index (χ4v) is 2.91. The number of nitrogens with zero attached hydrogens (tertiary/aromatic N) is 5. The van der Waals surface area contributed by atoms with Crippen molar-refractivity contribution in [3.05, 3.63) is 42.2 Å². The number of aromatic nitrogens is 5. The lowest BCUT2D eigenvalue weighted by molar-refractivity contribution is 0.629. The van der Waals surface area contributed by atoms with Crippen LogP contribution in [0.3, 0.4) is 0 Å². The molecule has 0 aliphatic heterocycles. The minimum Gasteiger partial charge on any atom is -0.368 e. The minimum absolute atomic E-state index is 0.0985. The summed E-state index contributed by atoms with van der Waals surface area (Å²) < 4.78 is 1.84. The summed E-state index contributed by atoms with van der Waals surface area (Å²) in [6.45, 7) is 2.22. The van der Waals surface area contributed by atoms with E-state index < -0.39 is 0 Å². The highest BCUT2D eigenvalue weighted by molar-refractivity contribution is 5.58. The van der Waals surface area contributed by atoms with Gasteiger partial charge in [0.25, 0.3) is 0 Å². The van der Waals surface area contributed by atoms with Crippen LogP contribution in [0.25, 0.3) is 17.3 Å². The molecule has 0 radical (unpaired) electrons. The van der Waals surface area contributed by atoms with E-state index in [4.69, 9.17) is 16.5 Å². The highest BCUT2D eigenvalue weighted by Gasteiger charge is 2.14. The van der Waals surface area contributed by atoms with E-state index >= 15 is 0 Å². The van der Waals surface area contributed by atoms with E-state index in [0.717, 1.165) is 29.9 Å². The van der Waals surface area contributed by atoms with E-state index in [1.54, 1.807) is 0 Å². The Balaban J connectivity index is 1.91. The zero-order chi connectivity index (χ0) is 18.4. The molecule has 0 atom stereocenters. The normalized spacial score (nSPS) is 11.0. The molecule has 7 heteroatoms. The molecule has 0 aliphatic rings. The quantitative estimate of drug-likeness (QED) is 0.602. The summed E-state index contributed by atoms with van der Waals surface area (Å²) in [5, 5.41) is 0. The molecule has 0 spiro atoms. The van der Waals surface area contributed by atoms with E-state index in [2.05, 4.69) is 21.9 Å². The molecular formula is C19H25N7. The van der Waals surface area contributed by atoms with Gasteiger partial charge in [-0.1, -0.05) is 62.9 Å². The highest BCUT2D eigenvalue weighted by atomic mass is 15.3. The van der Waals surface area contributed by atoms with Crippen molar-refractivity contribution >= 4 is 11.9 Å². The number of hydrogen-bond acceptors (Lipinski definition) is 6. The van der Waals surface area contributed by atoms with Gasteiger partial charge < -0.3 is 11.5 Å². The predicted octanol–water partition coefficient (Wildman–Crippen LogP) is 3.40. The van der Waals surface area contributed by atoms with E-state index in [9.17, 15) is 0 Å². The van der Waals surface area contributed by atoms with Crippen LogP contribution < -0.4 is 11.5 Å². The van der Waals surface area contributed by atoms with Crippen molar-refractivity contribution in [3.63, 3.8) is 0 Å². The number of aryl methyl sites for hydroxylation is 1. The predicted molar refractivity (Wildman–Crippen MR) is 104 cm³/mol. The van der Waals surface area contributed by atoms with Crippen molar-refractivity contribution in [2.45, 2.75) is 45.4 Å². The molecule has 2 aromatic heterocycles. The summed E-state index contributed by atoms with van der Waals surface area (Å²) in [5.74, 6) is 1.36. The van der Waals surface area contributed by atoms with E-state index in [1.807, 2.05) is 41.1 Å². The van der Waals surface area contributed by atoms with Crippen LogP contribution >= 0.6 is 0 Å². The first-order valence-electron chi connectivity index (χ1n) is 9.08. The number of unbranched alkanes of at least 4 members (excludes halogenated alkanes) is 4. The fourth-order valence-electron chi connectivity index (χ4n) is 2.91. The topological polar surface area (TPSA) is 109 Å². The molecule has 0 aliphatic carbocycles.